The van der Waals surface area contributed by atoms with Gasteiger partial charge in [0.2, 0.25) is 5.91 Å². The SMILES string of the molecule is C[C@]1(CO)C[C@H](c2ccccc2)N2CCC(=O)N21. The number of aliphatic hydroxyl groups excluding tert-OH is 1. The highest BCUT2D eigenvalue weighted by Crippen LogP contribution is 2.45. The van der Waals surface area contributed by atoms with Gasteiger partial charge in [0.15, 0.2) is 0 Å². The van der Waals surface area contributed by atoms with Gasteiger partial charge in [0.25, 0.3) is 0 Å². The molecule has 2 fully saturated rings. The van der Waals surface area contributed by atoms with E-state index in [1.807, 2.05) is 25.1 Å². The Morgan fingerprint density at radius 2 is 2.11 bits per heavy atom. The minimum atomic E-state index is -0.450. The van der Waals surface area contributed by atoms with Crippen molar-refractivity contribution in [3.8, 4) is 0 Å². The molecule has 0 bridgehead atoms. The third-order valence-corrected chi connectivity index (χ3v) is 4.08. The number of hydrazine groups is 1. The van der Waals surface area contributed by atoms with E-state index in [-0.39, 0.29) is 18.6 Å². The molecular formula is C14H18N2O2. The van der Waals surface area contributed by atoms with Crippen LogP contribution in [0.1, 0.15) is 31.4 Å². The molecule has 0 unspecified atom stereocenters. The van der Waals surface area contributed by atoms with Gasteiger partial charge in [-0.05, 0) is 18.9 Å². The topological polar surface area (TPSA) is 43.8 Å². The zero-order chi connectivity index (χ0) is 12.8. The predicted molar refractivity (Wildman–Crippen MR) is 67.5 cm³/mol. The van der Waals surface area contributed by atoms with Crippen LogP contribution in [-0.2, 0) is 4.79 Å². The Morgan fingerprint density at radius 3 is 2.78 bits per heavy atom. The number of benzene rings is 1. The lowest BCUT2D eigenvalue weighted by molar-refractivity contribution is -0.145. The molecule has 18 heavy (non-hydrogen) atoms. The lowest BCUT2D eigenvalue weighted by atomic mass is 9.92. The highest BCUT2D eigenvalue weighted by atomic mass is 16.3. The van der Waals surface area contributed by atoms with Crippen molar-refractivity contribution in [2.75, 3.05) is 13.2 Å². The maximum atomic E-state index is 12.0. The molecule has 4 nitrogen and oxygen atoms in total. The summed E-state index contributed by atoms with van der Waals surface area (Å²) in [6.45, 7) is 2.73. The summed E-state index contributed by atoms with van der Waals surface area (Å²) >= 11 is 0. The molecule has 2 aliphatic rings. The number of fused-ring (bicyclic) bond motifs is 1. The van der Waals surface area contributed by atoms with Crippen LogP contribution in [0.5, 0.6) is 0 Å². The summed E-state index contributed by atoms with van der Waals surface area (Å²) in [6.07, 6.45) is 1.35. The van der Waals surface area contributed by atoms with Crippen molar-refractivity contribution in [1.29, 1.82) is 0 Å². The maximum absolute atomic E-state index is 12.0. The van der Waals surface area contributed by atoms with Crippen LogP contribution in [0.3, 0.4) is 0 Å². The minimum Gasteiger partial charge on any atom is -0.394 e. The summed E-state index contributed by atoms with van der Waals surface area (Å²) in [4.78, 5) is 12.0. The summed E-state index contributed by atoms with van der Waals surface area (Å²) in [5, 5.41) is 13.5. The molecule has 4 heteroatoms. The Labute approximate surface area is 107 Å². The van der Waals surface area contributed by atoms with Gasteiger partial charge in [0, 0.05) is 13.0 Å². The van der Waals surface area contributed by atoms with Crippen molar-refractivity contribution in [3.63, 3.8) is 0 Å². The standard InChI is InChI=1S/C14H18N2O2/c1-14(10-17)9-12(11-5-3-2-4-6-11)15-8-7-13(18)16(14)15/h2-6,12,17H,7-10H2,1H3/t12-,14-/m1/s1. The van der Waals surface area contributed by atoms with Crippen LogP contribution in [0.2, 0.25) is 0 Å². The van der Waals surface area contributed by atoms with E-state index in [0.717, 1.165) is 13.0 Å². The fourth-order valence-corrected chi connectivity index (χ4v) is 3.17. The largest absolute Gasteiger partial charge is 0.394 e. The highest BCUT2D eigenvalue weighted by Gasteiger charge is 2.52. The van der Waals surface area contributed by atoms with E-state index in [4.69, 9.17) is 0 Å². The van der Waals surface area contributed by atoms with Crippen LogP contribution in [0.4, 0.5) is 0 Å². The monoisotopic (exact) mass is 246 g/mol. The summed E-state index contributed by atoms with van der Waals surface area (Å²) in [7, 11) is 0. The first kappa shape index (κ1) is 11.7. The summed E-state index contributed by atoms with van der Waals surface area (Å²) in [5.41, 5.74) is 0.767. The van der Waals surface area contributed by atoms with Crippen LogP contribution < -0.4 is 0 Å². The van der Waals surface area contributed by atoms with Gasteiger partial charge in [0.05, 0.1) is 18.2 Å². The lowest BCUT2D eigenvalue weighted by Gasteiger charge is -2.33. The van der Waals surface area contributed by atoms with E-state index in [1.54, 1.807) is 5.01 Å². The van der Waals surface area contributed by atoms with E-state index >= 15 is 0 Å². The van der Waals surface area contributed by atoms with E-state index < -0.39 is 5.54 Å². The van der Waals surface area contributed by atoms with Gasteiger partial charge in [-0.2, -0.15) is 0 Å². The van der Waals surface area contributed by atoms with Gasteiger partial charge >= 0.3 is 0 Å². The molecule has 2 heterocycles. The minimum absolute atomic E-state index is 0.0125. The molecule has 0 saturated carbocycles. The van der Waals surface area contributed by atoms with Gasteiger partial charge in [-0.3, -0.25) is 9.80 Å². The second-order valence-corrected chi connectivity index (χ2v) is 5.40. The van der Waals surface area contributed by atoms with Gasteiger partial charge in [-0.1, -0.05) is 30.3 Å². The molecule has 0 aromatic heterocycles. The maximum Gasteiger partial charge on any atom is 0.238 e. The molecule has 96 valence electrons. The summed E-state index contributed by atoms with van der Waals surface area (Å²) < 4.78 is 0. The average Bonchev–Trinajstić information content (AvgIpc) is 2.92. The normalized spacial score (nSPS) is 32.0. The smallest absolute Gasteiger partial charge is 0.238 e. The first-order chi connectivity index (χ1) is 8.65. The van der Waals surface area contributed by atoms with E-state index in [9.17, 15) is 9.90 Å². The average molecular weight is 246 g/mol. The molecule has 0 spiro atoms. The van der Waals surface area contributed by atoms with Crippen LogP contribution >= 0.6 is 0 Å². The number of hydrogen-bond acceptors (Lipinski definition) is 3. The van der Waals surface area contributed by atoms with Crippen molar-refractivity contribution >= 4 is 5.91 Å². The molecule has 2 saturated heterocycles. The second-order valence-electron chi connectivity index (χ2n) is 5.40. The Bertz CT molecular complexity index is 462. The molecule has 1 N–H and O–H groups in total. The van der Waals surface area contributed by atoms with E-state index in [0.29, 0.717) is 6.42 Å². The molecule has 1 aromatic rings. The Morgan fingerprint density at radius 1 is 1.39 bits per heavy atom. The number of hydrogen-bond donors (Lipinski definition) is 1. The van der Waals surface area contributed by atoms with Crippen LogP contribution in [0, 0.1) is 0 Å². The molecule has 0 aliphatic carbocycles. The van der Waals surface area contributed by atoms with Gasteiger partial charge in [-0.15, -0.1) is 0 Å². The third kappa shape index (κ3) is 1.56. The molecule has 1 aromatic carbocycles. The molecule has 2 atom stereocenters. The number of nitrogens with zero attached hydrogens (tertiary/aromatic N) is 2. The number of amides is 1. The van der Waals surface area contributed by atoms with Gasteiger partial charge in [0.1, 0.15) is 0 Å². The van der Waals surface area contributed by atoms with Crippen molar-refractivity contribution in [2.45, 2.75) is 31.3 Å². The first-order valence-electron chi connectivity index (χ1n) is 6.41. The molecule has 2 aliphatic heterocycles. The predicted octanol–water partition coefficient (Wildman–Crippen LogP) is 1.33. The van der Waals surface area contributed by atoms with E-state index in [1.165, 1.54) is 5.56 Å². The molecule has 0 radical (unpaired) electrons. The Kier molecular flexibility index (Phi) is 2.64. The van der Waals surface area contributed by atoms with Crippen molar-refractivity contribution in [1.82, 2.24) is 10.0 Å². The fourth-order valence-electron chi connectivity index (χ4n) is 3.17. The Balaban J connectivity index is 1.97. The molecule has 3 rings (SSSR count). The number of aliphatic hydroxyl groups is 1. The van der Waals surface area contributed by atoms with Crippen molar-refractivity contribution in [3.05, 3.63) is 35.9 Å². The van der Waals surface area contributed by atoms with Crippen molar-refractivity contribution in [2.24, 2.45) is 0 Å². The second kappa shape index (κ2) is 4.07. The zero-order valence-electron chi connectivity index (χ0n) is 10.5. The highest BCUT2D eigenvalue weighted by molar-refractivity contribution is 5.79. The third-order valence-electron chi connectivity index (χ3n) is 4.08. The lowest BCUT2D eigenvalue weighted by Crippen LogP contribution is -2.49. The Hall–Kier alpha value is -1.39. The number of carbonyl (C=O) groups is 1. The van der Waals surface area contributed by atoms with Crippen molar-refractivity contribution < 1.29 is 9.90 Å². The zero-order valence-corrected chi connectivity index (χ0v) is 10.5. The molecule has 1 amide bonds. The van der Waals surface area contributed by atoms with E-state index in [2.05, 4.69) is 17.1 Å². The van der Waals surface area contributed by atoms with Crippen LogP contribution in [0.15, 0.2) is 30.3 Å². The van der Waals surface area contributed by atoms with Gasteiger partial charge in [-0.25, -0.2) is 5.01 Å². The summed E-state index contributed by atoms with van der Waals surface area (Å²) in [5.74, 6) is 0.130. The van der Waals surface area contributed by atoms with Crippen LogP contribution in [-0.4, -0.2) is 39.7 Å². The quantitative estimate of drug-likeness (QED) is 0.856. The fraction of sp³-hybridized carbons (Fsp3) is 0.500. The number of rotatable bonds is 2. The van der Waals surface area contributed by atoms with Crippen LogP contribution in [0.25, 0.3) is 0 Å². The molecular weight excluding hydrogens is 228 g/mol. The number of carbonyl (C=O) groups excluding carboxylic acids is 1. The first-order valence-corrected chi connectivity index (χ1v) is 6.41. The summed E-state index contributed by atoms with van der Waals surface area (Å²) in [6, 6.07) is 10.4. The van der Waals surface area contributed by atoms with Gasteiger partial charge < -0.3 is 5.11 Å².